The first-order valence-corrected chi connectivity index (χ1v) is 16.0. The summed E-state index contributed by atoms with van der Waals surface area (Å²) in [5.74, 6) is 0. The van der Waals surface area contributed by atoms with Crippen molar-refractivity contribution in [1.82, 2.24) is 0 Å². The van der Waals surface area contributed by atoms with Gasteiger partial charge in [-0.15, -0.1) is 0 Å². The van der Waals surface area contributed by atoms with Gasteiger partial charge in [0.25, 0.3) is 0 Å². The van der Waals surface area contributed by atoms with Crippen LogP contribution in [0, 0.1) is 0 Å². The van der Waals surface area contributed by atoms with Crippen molar-refractivity contribution in [3.63, 3.8) is 0 Å². The van der Waals surface area contributed by atoms with Crippen molar-refractivity contribution in [2.75, 3.05) is 0 Å². The molecule has 132 valence electrons. The first-order chi connectivity index (χ1) is 11.5. The molecule has 2 aromatic carbocycles. The fraction of sp³-hybridized carbons (Fsp3) is 0.273. The molecule has 2 aliphatic carbocycles. The van der Waals surface area contributed by atoms with Crippen LogP contribution in [-0.4, -0.2) is 8.07 Å². The molecule has 1 heterocycles. The van der Waals surface area contributed by atoms with Crippen LogP contribution in [0.3, 0.4) is 0 Å². The summed E-state index contributed by atoms with van der Waals surface area (Å²) >= 11 is -0.904. The van der Waals surface area contributed by atoms with E-state index in [4.69, 9.17) is 0 Å². The third-order valence-corrected chi connectivity index (χ3v) is 17.9. The van der Waals surface area contributed by atoms with Gasteiger partial charge in [0.2, 0.25) is 0 Å². The molecule has 5 rings (SSSR count). The van der Waals surface area contributed by atoms with Gasteiger partial charge < -0.3 is 24.8 Å². The minimum Gasteiger partial charge on any atom is -1.00 e. The van der Waals surface area contributed by atoms with E-state index < -0.39 is 31.0 Å². The van der Waals surface area contributed by atoms with E-state index >= 15 is 0 Å². The van der Waals surface area contributed by atoms with Crippen LogP contribution in [0.15, 0.2) is 59.7 Å². The molecule has 0 radical (unpaired) electrons. The molecule has 1 aliphatic heterocycles. The van der Waals surface area contributed by atoms with E-state index in [1.165, 1.54) is 0 Å². The number of allylic oxidation sites excluding steroid dienone is 2. The number of halogens is 2. The second-order valence-electron chi connectivity index (χ2n) is 7.95. The Bertz CT molecular complexity index is 883. The van der Waals surface area contributed by atoms with Crippen LogP contribution in [0.4, 0.5) is 0 Å². The van der Waals surface area contributed by atoms with E-state index in [9.17, 15) is 0 Å². The molecule has 0 fully saturated rings. The summed E-state index contributed by atoms with van der Waals surface area (Å²) in [4.78, 5) is 0. The largest absolute Gasteiger partial charge is 1.00 e. The zero-order valence-corrected chi connectivity index (χ0v) is 21.6. The van der Waals surface area contributed by atoms with Crippen LogP contribution in [-0.2, 0) is 22.9 Å². The fourth-order valence-corrected chi connectivity index (χ4v) is 18.0. The molecule has 3 aliphatic rings. The molecular weight excluding hydrogens is 542 g/mol. The smallest absolute Gasteiger partial charge is 1.00 e. The Morgan fingerprint density at radius 1 is 0.692 bits per heavy atom. The Balaban J connectivity index is 0.000000980. The molecule has 2 unspecified atom stereocenters. The van der Waals surface area contributed by atoms with Crippen LogP contribution in [0.25, 0.3) is 10.4 Å². The van der Waals surface area contributed by atoms with Gasteiger partial charge in [0, 0.05) is 0 Å². The molecule has 0 N–H and O–H groups in total. The average molecular weight is 564 g/mol. The van der Waals surface area contributed by atoms with Gasteiger partial charge >= 0.3 is 158 Å². The average Bonchev–Trinajstić information content (AvgIpc) is 3.02. The maximum absolute atomic E-state index is 2.60. The Morgan fingerprint density at radius 3 is 1.50 bits per heavy atom. The minimum atomic E-state index is -1.69. The molecule has 4 bridgehead atoms. The molecule has 2 aromatic rings. The van der Waals surface area contributed by atoms with Gasteiger partial charge in [-0.1, -0.05) is 0 Å². The van der Waals surface area contributed by atoms with Gasteiger partial charge in [-0.05, 0) is 0 Å². The van der Waals surface area contributed by atoms with Crippen LogP contribution < -0.4 is 24.8 Å². The van der Waals surface area contributed by atoms with E-state index in [2.05, 4.69) is 75.5 Å². The van der Waals surface area contributed by atoms with Crippen LogP contribution in [0.5, 0.6) is 0 Å². The predicted molar refractivity (Wildman–Crippen MR) is 101 cm³/mol. The third-order valence-electron chi connectivity index (χ3n) is 6.32. The van der Waals surface area contributed by atoms with E-state index in [1.807, 2.05) is 0 Å². The van der Waals surface area contributed by atoms with Crippen molar-refractivity contribution >= 4 is 18.5 Å². The van der Waals surface area contributed by atoms with Gasteiger partial charge in [0.05, 0.1) is 0 Å². The molecular formula is C22H22Cl2HfSi. The van der Waals surface area contributed by atoms with Crippen molar-refractivity contribution in [2.24, 2.45) is 0 Å². The zero-order chi connectivity index (χ0) is 16.6. The quantitative estimate of drug-likeness (QED) is 0.394. The van der Waals surface area contributed by atoms with E-state index in [0.717, 1.165) is 7.35 Å². The van der Waals surface area contributed by atoms with Gasteiger partial charge in [-0.25, -0.2) is 0 Å². The topological polar surface area (TPSA) is 0 Å². The van der Waals surface area contributed by atoms with Crippen LogP contribution >= 0.6 is 0 Å². The molecule has 0 saturated heterocycles. The van der Waals surface area contributed by atoms with Gasteiger partial charge in [0.1, 0.15) is 0 Å². The summed E-state index contributed by atoms with van der Waals surface area (Å²) in [5.41, 5.74) is 10.1. The maximum atomic E-state index is 2.60. The first kappa shape index (κ1) is 20.3. The Morgan fingerprint density at radius 2 is 1.08 bits per heavy atom. The summed E-state index contributed by atoms with van der Waals surface area (Å²) in [6, 6.07) is 18.7. The monoisotopic (exact) mass is 564 g/mol. The molecule has 4 heteroatoms. The van der Waals surface area contributed by atoms with Crippen molar-refractivity contribution in [1.29, 1.82) is 0 Å². The normalized spacial score (nSPS) is 23.5. The fourth-order valence-electron chi connectivity index (χ4n) is 5.51. The molecule has 0 spiro atoms. The molecule has 0 saturated carbocycles. The summed E-state index contributed by atoms with van der Waals surface area (Å²) in [6.07, 6.45) is 0. The van der Waals surface area contributed by atoms with E-state index in [1.54, 1.807) is 43.8 Å². The Labute approximate surface area is 181 Å². The van der Waals surface area contributed by atoms with E-state index in [-0.39, 0.29) is 24.8 Å². The molecule has 0 nitrogen and oxygen atoms in total. The molecule has 2 atom stereocenters. The molecule has 26 heavy (non-hydrogen) atoms. The van der Waals surface area contributed by atoms with Crippen LogP contribution in [0.1, 0.15) is 43.5 Å². The molecule has 0 amide bonds. The Kier molecular flexibility index (Phi) is 5.38. The van der Waals surface area contributed by atoms with Gasteiger partial charge in [-0.3, -0.25) is 0 Å². The second kappa shape index (κ2) is 6.88. The number of hydrogen-bond donors (Lipinski definition) is 0. The molecule has 0 aromatic heterocycles. The van der Waals surface area contributed by atoms with Crippen molar-refractivity contribution in [2.45, 2.75) is 34.3 Å². The number of hydrogen-bond acceptors (Lipinski definition) is 0. The standard InChI is InChI=1S/C22H22Si.2ClH.Hf/c1-15-13-17-9-5-7-11-19(17)21(15)23(3,4)22-16(2)14-18-10-6-8-12-20(18)22;;;/h5-14H,1-4H3;2*1H;/q;;;+2/p-2. The minimum absolute atomic E-state index is 0. The third kappa shape index (κ3) is 2.49. The van der Waals surface area contributed by atoms with Gasteiger partial charge in [-0.2, -0.15) is 0 Å². The van der Waals surface area contributed by atoms with Crippen molar-refractivity contribution in [3.05, 3.63) is 81.9 Å². The summed E-state index contributed by atoms with van der Waals surface area (Å²) in [5, 5.41) is 3.53. The van der Waals surface area contributed by atoms with E-state index in [0.29, 0.717) is 0 Å². The maximum Gasteiger partial charge on any atom is -1.00 e. The number of fused-ring (bicyclic) bond motifs is 8. The summed E-state index contributed by atoms with van der Waals surface area (Å²) in [6.45, 7) is 10.1. The SMILES string of the molecule is CC1=C2c3ccccc3[CH]1[Hf+2][CH]1C(C)=C(c3ccccc31)[Si]2(C)C.[Cl-].[Cl-]. The van der Waals surface area contributed by atoms with Crippen molar-refractivity contribution in [3.8, 4) is 0 Å². The van der Waals surface area contributed by atoms with Crippen molar-refractivity contribution < 1.29 is 47.7 Å². The summed E-state index contributed by atoms with van der Waals surface area (Å²) in [7, 11) is -1.69. The second-order valence-corrected chi connectivity index (χ2v) is 17.5. The van der Waals surface area contributed by atoms with Gasteiger partial charge in [0.15, 0.2) is 0 Å². The number of benzene rings is 2. The predicted octanol–water partition coefficient (Wildman–Crippen LogP) is -0.0659. The number of rotatable bonds is 0. The Hall–Kier alpha value is -0.413. The van der Waals surface area contributed by atoms with Crippen LogP contribution in [0.2, 0.25) is 13.1 Å². The first-order valence-electron chi connectivity index (χ1n) is 8.89. The summed E-state index contributed by atoms with van der Waals surface area (Å²) < 4.78 is 1.60. The zero-order valence-electron chi connectivity index (χ0n) is 15.5.